The molecule has 6 nitrogen and oxygen atoms in total. The number of rotatable bonds is 5. The minimum atomic E-state index is -4.37. The van der Waals surface area contributed by atoms with Gasteiger partial charge in [-0.05, 0) is 20.8 Å². The first kappa shape index (κ1) is 21.3. The molecule has 0 bridgehead atoms. The topological polar surface area (TPSA) is 72.7 Å². The van der Waals surface area contributed by atoms with Crippen LogP contribution in [0.4, 0.5) is 13.2 Å². The number of aryl methyl sites for hydroxylation is 1. The fourth-order valence-corrected chi connectivity index (χ4v) is 3.57. The van der Waals surface area contributed by atoms with Gasteiger partial charge < -0.3 is 5.32 Å². The monoisotopic (exact) mass is 403 g/mol. The van der Waals surface area contributed by atoms with Gasteiger partial charge >= 0.3 is 6.18 Å². The Bertz CT molecular complexity index is 820. The van der Waals surface area contributed by atoms with Crippen LogP contribution < -0.4 is 5.32 Å². The lowest BCUT2D eigenvalue weighted by Crippen LogP contribution is -2.28. The molecule has 0 spiro atoms. The van der Waals surface area contributed by atoms with Crippen molar-refractivity contribution < 1.29 is 18.0 Å². The normalized spacial score (nSPS) is 13.7. The molecule has 150 valence electrons. The highest BCUT2D eigenvalue weighted by Crippen LogP contribution is 2.27. The van der Waals surface area contributed by atoms with Crippen molar-refractivity contribution in [2.75, 3.05) is 0 Å². The van der Waals surface area contributed by atoms with Crippen molar-refractivity contribution in [3.63, 3.8) is 0 Å². The Hall–Kier alpha value is -1.97. The van der Waals surface area contributed by atoms with Crippen molar-refractivity contribution in [3.05, 3.63) is 27.0 Å². The van der Waals surface area contributed by atoms with Crippen LogP contribution >= 0.6 is 11.3 Å². The van der Waals surface area contributed by atoms with Crippen LogP contribution in [0.2, 0.25) is 0 Å². The molecule has 0 saturated carbocycles. The van der Waals surface area contributed by atoms with Crippen molar-refractivity contribution in [1.29, 1.82) is 0 Å². The highest BCUT2D eigenvalue weighted by atomic mass is 32.1. The van der Waals surface area contributed by atoms with E-state index in [1.54, 1.807) is 20.8 Å². The average molecular weight is 403 g/mol. The van der Waals surface area contributed by atoms with Crippen LogP contribution in [0.5, 0.6) is 0 Å². The van der Waals surface area contributed by atoms with Crippen LogP contribution in [0.25, 0.3) is 0 Å². The maximum atomic E-state index is 12.7. The average Bonchev–Trinajstić information content (AvgIpc) is 3.08. The molecule has 2 aromatic heterocycles. The number of hydrogen-bond acceptors (Lipinski definition) is 5. The van der Waals surface area contributed by atoms with E-state index < -0.39 is 18.6 Å². The van der Waals surface area contributed by atoms with Gasteiger partial charge in [0.2, 0.25) is 5.91 Å². The number of carbonyl (C=O) groups is 1. The molecule has 0 aliphatic rings. The smallest absolute Gasteiger partial charge is 0.349 e. The second kappa shape index (κ2) is 7.57. The van der Waals surface area contributed by atoms with Gasteiger partial charge in [-0.15, -0.1) is 10.2 Å². The summed E-state index contributed by atoms with van der Waals surface area (Å²) in [5.41, 5.74) is 1.17. The van der Waals surface area contributed by atoms with Crippen molar-refractivity contribution in [1.82, 2.24) is 25.3 Å². The minimum absolute atomic E-state index is 0.117. The summed E-state index contributed by atoms with van der Waals surface area (Å²) in [6.07, 6.45) is -4.37. The van der Waals surface area contributed by atoms with E-state index in [1.165, 1.54) is 11.3 Å². The molecule has 0 radical (unpaired) electrons. The van der Waals surface area contributed by atoms with Crippen LogP contribution in [-0.4, -0.2) is 32.1 Å². The van der Waals surface area contributed by atoms with E-state index in [-0.39, 0.29) is 17.9 Å². The van der Waals surface area contributed by atoms with Gasteiger partial charge in [0.15, 0.2) is 0 Å². The molecule has 1 atom stereocenters. The first-order valence-electron chi connectivity index (χ1n) is 8.51. The summed E-state index contributed by atoms with van der Waals surface area (Å²) in [6, 6.07) is 0. The first-order valence-corrected chi connectivity index (χ1v) is 9.32. The molecule has 2 aromatic rings. The fourth-order valence-electron chi connectivity index (χ4n) is 2.74. The van der Waals surface area contributed by atoms with E-state index in [1.807, 2.05) is 20.8 Å². The van der Waals surface area contributed by atoms with E-state index in [9.17, 15) is 18.0 Å². The van der Waals surface area contributed by atoms with Gasteiger partial charge in [0.1, 0.15) is 16.6 Å². The van der Waals surface area contributed by atoms with Gasteiger partial charge in [-0.25, -0.2) is 0 Å². The molecule has 1 amide bonds. The van der Waals surface area contributed by atoms with Gasteiger partial charge in [-0.2, -0.15) is 18.3 Å². The number of halogens is 3. The molecule has 27 heavy (non-hydrogen) atoms. The largest absolute Gasteiger partial charge is 0.408 e. The van der Waals surface area contributed by atoms with E-state index in [0.29, 0.717) is 22.0 Å². The van der Waals surface area contributed by atoms with Crippen molar-refractivity contribution in [3.8, 4) is 0 Å². The number of carbonyl (C=O) groups excluding carboxylic acids is 1. The summed E-state index contributed by atoms with van der Waals surface area (Å²) in [5, 5.41) is 16.5. The Morgan fingerprint density at radius 1 is 1.22 bits per heavy atom. The second-order valence-electron chi connectivity index (χ2n) is 7.55. The summed E-state index contributed by atoms with van der Waals surface area (Å²) >= 11 is 1.43. The third kappa shape index (κ3) is 5.27. The summed E-state index contributed by atoms with van der Waals surface area (Å²) in [7, 11) is 0. The van der Waals surface area contributed by atoms with E-state index in [0.717, 1.165) is 9.69 Å². The Balaban J connectivity index is 2.08. The SMILES string of the molecule is Cc1nn(CC(F)(F)F)c(C)c1C(C)C(=O)NCc1nnc(C(C)(C)C)s1. The van der Waals surface area contributed by atoms with Gasteiger partial charge in [-0.3, -0.25) is 9.48 Å². The van der Waals surface area contributed by atoms with Crippen molar-refractivity contribution in [2.24, 2.45) is 0 Å². The third-order valence-electron chi connectivity index (χ3n) is 4.12. The maximum absolute atomic E-state index is 12.7. The minimum Gasteiger partial charge on any atom is -0.349 e. The number of aromatic nitrogens is 4. The molecule has 2 heterocycles. The molecular formula is C17H24F3N5OS. The second-order valence-corrected chi connectivity index (χ2v) is 8.61. The molecule has 1 unspecified atom stereocenters. The van der Waals surface area contributed by atoms with Crippen LogP contribution in [0.1, 0.15) is 60.6 Å². The number of hydrogen-bond donors (Lipinski definition) is 1. The number of nitrogens with one attached hydrogen (secondary N) is 1. The van der Waals surface area contributed by atoms with Crippen LogP contribution in [0.15, 0.2) is 0 Å². The summed E-state index contributed by atoms with van der Waals surface area (Å²) in [4.78, 5) is 12.5. The van der Waals surface area contributed by atoms with Gasteiger partial charge in [0.05, 0.1) is 18.2 Å². The van der Waals surface area contributed by atoms with E-state index in [2.05, 4.69) is 20.6 Å². The summed E-state index contributed by atoms with van der Waals surface area (Å²) in [5.74, 6) is -0.915. The number of amides is 1. The number of alkyl halides is 3. The highest BCUT2D eigenvalue weighted by Gasteiger charge is 2.31. The third-order valence-corrected chi connectivity index (χ3v) is 5.46. The lowest BCUT2D eigenvalue weighted by molar-refractivity contribution is -0.143. The summed E-state index contributed by atoms with van der Waals surface area (Å²) < 4.78 is 38.9. The lowest BCUT2D eigenvalue weighted by Gasteiger charge is -2.13. The van der Waals surface area contributed by atoms with E-state index >= 15 is 0 Å². The lowest BCUT2D eigenvalue weighted by atomic mass is 9.98. The van der Waals surface area contributed by atoms with Crippen LogP contribution in [-0.2, 0) is 23.3 Å². The Morgan fingerprint density at radius 3 is 2.37 bits per heavy atom. The Labute approximate surface area is 160 Å². The maximum Gasteiger partial charge on any atom is 0.408 e. The molecule has 0 fully saturated rings. The molecule has 0 aliphatic carbocycles. The van der Waals surface area contributed by atoms with Gasteiger partial charge in [-0.1, -0.05) is 32.1 Å². The predicted molar refractivity (Wildman–Crippen MR) is 96.6 cm³/mol. The Morgan fingerprint density at radius 2 is 1.85 bits per heavy atom. The molecule has 0 aliphatic heterocycles. The van der Waals surface area contributed by atoms with Crippen LogP contribution in [0.3, 0.4) is 0 Å². The predicted octanol–water partition coefficient (Wildman–Crippen LogP) is 3.63. The molecule has 10 heteroatoms. The zero-order valence-corrected chi connectivity index (χ0v) is 17.0. The van der Waals surface area contributed by atoms with Crippen molar-refractivity contribution >= 4 is 17.2 Å². The van der Waals surface area contributed by atoms with Crippen molar-refractivity contribution in [2.45, 2.75) is 72.1 Å². The molecule has 2 rings (SSSR count). The molecule has 0 aromatic carbocycles. The highest BCUT2D eigenvalue weighted by molar-refractivity contribution is 7.11. The van der Waals surface area contributed by atoms with Crippen LogP contribution in [0, 0.1) is 13.8 Å². The fraction of sp³-hybridized carbons (Fsp3) is 0.647. The zero-order chi connectivity index (χ0) is 20.6. The van der Waals surface area contributed by atoms with Gasteiger partial charge in [0, 0.05) is 16.7 Å². The number of nitrogens with zero attached hydrogens (tertiary/aromatic N) is 4. The van der Waals surface area contributed by atoms with E-state index in [4.69, 9.17) is 0 Å². The Kier molecular flexibility index (Phi) is 5.98. The van der Waals surface area contributed by atoms with Gasteiger partial charge in [0.25, 0.3) is 0 Å². The molecule has 0 saturated heterocycles. The standard InChI is InChI=1S/C17H24F3N5OS/c1-9(13-10(2)24-25(11(13)3)8-17(18,19)20)14(26)21-7-12-22-23-15(27-12)16(4,5)6/h9H,7-8H2,1-6H3,(H,21,26). The first-order chi connectivity index (χ1) is 12.3. The molecular weight excluding hydrogens is 379 g/mol. The quantitative estimate of drug-likeness (QED) is 0.827. The molecule has 1 N–H and O–H groups in total. The zero-order valence-electron chi connectivity index (χ0n) is 16.2. The summed E-state index contributed by atoms with van der Waals surface area (Å²) in [6.45, 7) is 9.96.